The van der Waals surface area contributed by atoms with Crippen LogP contribution in [0, 0.1) is 62.6 Å². The van der Waals surface area contributed by atoms with Crippen molar-refractivity contribution in [1.29, 1.82) is 5.26 Å². The zero-order valence-electron chi connectivity index (χ0n) is 34.1. The first kappa shape index (κ1) is 39.3. The van der Waals surface area contributed by atoms with Gasteiger partial charge in [0.05, 0.1) is 5.25 Å². The van der Waals surface area contributed by atoms with E-state index in [1.165, 1.54) is 74.3 Å². The Morgan fingerprint density at radius 1 is 0.962 bits per heavy atom. The van der Waals surface area contributed by atoms with Crippen molar-refractivity contribution in [3.63, 3.8) is 0 Å². The van der Waals surface area contributed by atoms with Gasteiger partial charge in [-0.3, -0.25) is 4.79 Å². The largest absolute Gasteiger partial charge is 0.445 e. The van der Waals surface area contributed by atoms with Crippen LogP contribution in [-0.4, -0.2) is 68.6 Å². The summed E-state index contributed by atoms with van der Waals surface area (Å²) in [6.45, 7) is 24.2. The van der Waals surface area contributed by atoms with Gasteiger partial charge < -0.3 is 15.0 Å². The lowest BCUT2D eigenvalue weighted by Gasteiger charge is -2.72. The molecule has 10 atom stereocenters. The molecule has 0 bridgehead atoms. The van der Waals surface area contributed by atoms with E-state index in [4.69, 9.17) is 4.74 Å². The van der Waals surface area contributed by atoms with Crippen LogP contribution >= 0.6 is 0 Å². The van der Waals surface area contributed by atoms with E-state index >= 15 is 0 Å². The van der Waals surface area contributed by atoms with E-state index in [0.29, 0.717) is 48.9 Å². The van der Waals surface area contributed by atoms with Gasteiger partial charge in [0.1, 0.15) is 15.9 Å². The van der Waals surface area contributed by atoms with Crippen molar-refractivity contribution in [3.8, 4) is 6.07 Å². The fourth-order valence-electron chi connectivity index (χ4n) is 15.0. The van der Waals surface area contributed by atoms with E-state index < -0.39 is 15.4 Å². The number of likely N-dealkylation sites (tertiary alicyclic amines) is 1. The van der Waals surface area contributed by atoms with Gasteiger partial charge in [-0.1, -0.05) is 58.9 Å². The molecule has 53 heavy (non-hydrogen) atoms. The van der Waals surface area contributed by atoms with Gasteiger partial charge in [0.15, 0.2) is 0 Å². The number of nitriles is 1. The van der Waals surface area contributed by atoms with Crippen LogP contribution in [0.4, 0.5) is 0 Å². The second-order valence-corrected chi connectivity index (χ2v) is 22.8. The second kappa shape index (κ2) is 13.6. The highest BCUT2D eigenvalue weighted by Gasteiger charge is 2.70. The summed E-state index contributed by atoms with van der Waals surface area (Å²) in [5, 5.41) is 13.9. The number of sulfone groups is 1. The Balaban J connectivity index is 1.11. The Morgan fingerprint density at radius 3 is 2.32 bits per heavy atom. The zero-order chi connectivity index (χ0) is 38.2. The molecule has 7 aliphatic rings. The van der Waals surface area contributed by atoms with Crippen molar-refractivity contribution < 1.29 is 17.9 Å². The summed E-state index contributed by atoms with van der Waals surface area (Å²) >= 11 is 0. The maximum absolute atomic E-state index is 12.1. The molecule has 0 aromatic heterocycles. The Labute approximate surface area is 321 Å². The number of nitrogens with zero attached hydrogens (tertiary/aromatic N) is 2. The Hall–Kier alpha value is -1.95. The summed E-state index contributed by atoms with van der Waals surface area (Å²) in [5.74, 6) is 3.16. The number of allylic oxidation sites excluding steroid dienone is 4. The topological polar surface area (TPSA) is 99.5 Å². The van der Waals surface area contributed by atoms with Crippen molar-refractivity contribution in [1.82, 2.24) is 10.2 Å². The van der Waals surface area contributed by atoms with E-state index in [1.54, 1.807) is 0 Å². The smallest absolute Gasteiger partial charge is 0.294 e. The van der Waals surface area contributed by atoms with Gasteiger partial charge in [0, 0.05) is 37.7 Å². The van der Waals surface area contributed by atoms with Gasteiger partial charge in [-0.2, -0.15) is 5.26 Å². The first-order valence-corrected chi connectivity index (χ1v) is 23.1. The number of fused-ring (bicyclic) bond motifs is 7. The lowest BCUT2D eigenvalue weighted by Crippen LogP contribution is -2.68. The number of piperidine rings is 1. The maximum atomic E-state index is 12.1. The standard InChI is InChI=1S/C45H69N3O4S/c1-31(2)34-13-22-45(47-25-28-48-26-16-33(17-27-48)53(8,50)51)24-23-42(6)36(39(34)45)9-10-38-41(5)18-14-35(40(3,4)37(41)15-19-43(38,42)7)32-11-20-44(29-46,21-12-32)52-30-49/h11,14,30,33-34,36-39,47H,1,9-10,12-13,15-28H2,2-8H3/t34-,36+,37-,38+,39+,41-,42+,43+,44?,45-/m0/s1. The van der Waals surface area contributed by atoms with Gasteiger partial charge >= 0.3 is 0 Å². The number of ether oxygens (including phenoxy) is 1. The summed E-state index contributed by atoms with van der Waals surface area (Å²) in [5.41, 5.74) is 4.21. The summed E-state index contributed by atoms with van der Waals surface area (Å²) in [6, 6.07) is 2.28. The third-order valence-corrected chi connectivity index (χ3v) is 19.7. The Morgan fingerprint density at radius 2 is 1.70 bits per heavy atom. The quantitative estimate of drug-likeness (QED) is 0.186. The van der Waals surface area contributed by atoms with Gasteiger partial charge in [-0.05, 0) is 159 Å². The van der Waals surface area contributed by atoms with Crippen LogP contribution < -0.4 is 5.32 Å². The second-order valence-electron chi connectivity index (χ2n) is 20.4. The average Bonchev–Trinajstić information content (AvgIpc) is 3.49. The van der Waals surface area contributed by atoms with Crippen LogP contribution in [0.2, 0.25) is 0 Å². The van der Waals surface area contributed by atoms with E-state index in [9.17, 15) is 18.5 Å². The van der Waals surface area contributed by atoms with E-state index in [1.807, 2.05) is 0 Å². The highest BCUT2D eigenvalue weighted by Crippen LogP contribution is 2.76. The summed E-state index contributed by atoms with van der Waals surface area (Å²) in [4.78, 5) is 13.7. The molecule has 1 heterocycles. The van der Waals surface area contributed by atoms with E-state index in [2.05, 4.69) is 76.6 Å². The Kier molecular flexibility index (Phi) is 10.1. The summed E-state index contributed by atoms with van der Waals surface area (Å²) in [7, 11) is -2.95. The first-order chi connectivity index (χ1) is 24.9. The molecular weight excluding hydrogens is 679 g/mol. The lowest BCUT2D eigenvalue weighted by molar-refractivity contribution is -0.221. The molecule has 0 amide bonds. The molecule has 5 fully saturated rings. The Bertz CT molecular complexity index is 1690. The molecule has 1 N–H and O–H groups in total. The summed E-state index contributed by atoms with van der Waals surface area (Å²) in [6.07, 6.45) is 20.8. The van der Waals surface area contributed by atoms with Crippen LogP contribution in [0.3, 0.4) is 0 Å². The van der Waals surface area contributed by atoms with Crippen molar-refractivity contribution in [2.75, 3.05) is 32.4 Å². The van der Waals surface area contributed by atoms with Crippen molar-refractivity contribution in [3.05, 3.63) is 35.5 Å². The molecule has 294 valence electrons. The fraction of sp³-hybridized carbons (Fsp3) is 0.822. The predicted molar refractivity (Wildman–Crippen MR) is 212 cm³/mol. The number of hydrogen-bond acceptors (Lipinski definition) is 7. The maximum Gasteiger partial charge on any atom is 0.294 e. The third-order valence-electron chi connectivity index (χ3n) is 18.0. The lowest BCUT2D eigenvalue weighted by atomic mass is 9.33. The molecule has 8 heteroatoms. The van der Waals surface area contributed by atoms with E-state index in [-0.39, 0.29) is 32.4 Å². The molecule has 1 saturated heterocycles. The van der Waals surface area contributed by atoms with Crippen molar-refractivity contribution in [2.45, 2.75) is 148 Å². The van der Waals surface area contributed by atoms with Gasteiger partial charge in [0.25, 0.3) is 6.47 Å². The monoisotopic (exact) mass is 748 g/mol. The van der Waals surface area contributed by atoms with Gasteiger partial charge in [0.2, 0.25) is 5.60 Å². The number of hydrogen-bond donors (Lipinski definition) is 1. The minimum Gasteiger partial charge on any atom is -0.445 e. The number of carbonyl (C=O) groups is 1. The minimum absolute atomic E-state index is 0.0400. The molecule has 1 aliphatic heterocycles. The molecule has 1 unspecified atom stereocenters. The van der Waals surface area contributed by atoms with E-state index in [0.717, 1.165) is 51.9 Å². The predicted octanol–water partition coefficient (Wildman–Crippen LogP) is 8.58. The molecular formula is C45H69N3O4S. The molecule has 6 aliphatic carbocycles. The third kappa shape index (κ3) is 6.15. The van der Waals surface area contributed by atoms with Crippen LogP contribution in [0.5, 0.6) is 0 Å². The van der Waals surface area contributed by atoms with Crippen LogP contribution in [0.1, 0.15) is 131 Å². The van der Waals surface area contributed by atoms with Crippen LogP contribution in [0.25, 0.3) is 0 Å². The highest BCUT2D eigenvalue weighted by molar-refractivity contribution is 7.91. The number of nitrogens with one attached hydrogen (secondary N) is 1. The molecule has 0 radical (unpaired) electrons. The zero-order valence-corrected chi connectivity index (χ0v) is 34.9. The molecule has 0 aromatic carbocycles. The highest BCUT2D eigenvalue weighted by atomic mass is 32.2. The van der Waals surface area contributed by atoms with Gasteiger partial charge in [-0.25, -0.2) is 8.42 Å². The molecule has 7 rings (SSSR count). The first-order valence-electron chi connectivity index (χ1n) is 21.1. The summed E-state index contributed by atoms with van der Waals surface area (Å²) < 4.78 is 29.6. The SMILES string of the molecule is C=C(C)[C@@H]1CC[C@]2(NCCN3CCC(S(C)(=O)=O)CC3)CC[C@]3(C)[C@H](CC[C@@H]4[C@@]5(C)CC=C(C6=CCC(C#N)(OC=O)CC6)C(C)(C)[C@@H]5CC[C@]43C)[C@@H]12. The molecule has 4 saturated carbocycles. The molecule has 0 aromatic rings. The normalized spacial score (nSPS) is 44.2. The number of carbonyl (C=O) groups excluding carboxylic acids is 1. The average molecular weight is 748 g/mol. The number of rotatable bonds is 9. The minimum atomic E-state index is -2.95. The van der Waals surface area contributed by atoms with Crippen molar-refractivity contribution in [2.24, 2.45) is 51.2 Å². The van der Waals surface area contributed by atoms with Crippen molar-refractivity contribution >= 4 is 16.3 Å². The van der Waals surface area contributed by atoms with Gasteiger partial charge in [-0.15, -0.1) is 0 Å². The fourth-order valence-corrected chi connectivity index (χ4v) is 16.1. The van der Waals surface area contributed by atoms with Crippen LogP contribution in [-0.2, 0) is 19.4 Å². The molecule has 0 spiro atoms. The molecule has 7 nitrogen and oxygen atoms in total. The van der Waals surface area contributed by atoms with Crippen LogP contribution in [0.15, 0.2) is 35.5 Å².